The molecule has 1 N–H and O–H groups in total. The summed E-state index contributed by atoms with van der Waals surface area (Å²) in [5.74, 6) is 1.55. The quantitative estimate of drug-likeness (QED) is 0.876. The smallest absolute Gasteiger partial charge is 0.105 e. The molecule has 0 radical (unpaired) electrons. The van der Waals surface area contributed by atoms with Crippen LogP contribution < -0.4 is 5.32 Å². The zero-order valence-corrected chi connectivity index (χ0v) is 13.2. The van der Waals surface area contributed by atoms with Crippen LogP contribution in [0.5, 0.6) is 0 Å². The largest absolute Gasteiger partial charge is 0.335 e. The lowest BCUT2D eigenvalue weighted by Gasteiger charge is -2.15. The number of halogens is 2. The van der Waals surface area contributed by atoms with Gasteiger partial charge in [-0.05, 0) is 31.5 Å². The predicted molar refractivity (Wildman–Crippen MR) is 84.3 cm³/mol. The third-order valence-corrected chi connectivity index (χ3v) is 4.00. The van der Waals surface area contributed by atoms with Gasteiger partial charge in [0.2, 0.25) is 0 Å². The summed E-state index contributed by atoms with van der Waals surface area (Å²) in [5.41, 5.74) is 0.960. The van der Waals surface area contributed by atoms with Crippen molar-refractivity contribution in [1.29, 1.82) is 0 Å². The van der Waals surface area contributed by atoms with Crippen LogP contribution in [0.15, 0.2) is 30.6 Å². The first-order chi connectivity index (χ1) is 9.58. The van der Waals surface area contributed by atoms with Crippen molar-refractivity contribution in [3.05, 3.63) is 52.0 Å². The van der Waals surface area contributed by atoms with Crippen LogP contribution in [-0.2, 0) is 13.1 Å². The third kappa shape index (κ3) is 3.98. The van der Waals surface area contributed by atoms with Crippen molar-refractivity contribution in [2.45, 2.75) is 26.9 Å². The standard InChI is InChI=1S/C15H19Cl2N3/c1-11(10-20-7-6-19-12(20)2)8-18-9-13-14(16)4-3-5-15(13)17/h3-7,11,18H,8-10H2,1-2H3. The van der Waals surface area contributed by atoms with Crippen LogP contribution in [0.2, 0.25) is 10.0 Å². The Morgan fingerprint density at radius 2 is 2.00 bits per heavy atom. The van der Waals surface area contributed by atoms with Crippen LogP contribution >= 0.6 is 23.2 Å². The number of imidazole rings is 1. The highest BCUT2D eigenvalue weighted by Crippen LogP contribution is 2.23. The maximum absolute atomic E-state index is 6.14. The molecule has 1 heterocycles. The number of nitrogens with one attached hydrogen (secondary N) is 1. The first-order valence-corrected chi connectivity index (χ1v) is 7.45. The molecular formula is C15H19Cl2N3. The molecule has 1 unspecified atom stereocenters. The van der Waals surface area contributed by atoms with Gasteiger partial charge in [-0.1, -0.05) is 36.2 Å². The van der Waals surface area contributed by atoms with Gasteiger partial charge in [-0.2, -0.15) is 0 Å². The predicted octanol–water partition coefficient (Wildman–Crippen LogP) is 3.92. The second-order valence-electron chi connectivity index (χ2n) is 5.06. The van der Waals surface area contributed by atoms with Crippen LogP contribution in [0, 0.1) is 12.8 Å². The average molecular weight is 312 g/mol. The monoisotopic (exact) mass is 311 g/mol. The molecule has 0 aliphatic carbocycles. The Morgan fingerprint density at radius 3 is 2.60 bits per heavy atom. The lowest BCUT2D eigenvalue weighted by molar-refractivity contribution is 0.440. The van der Waals surface area contributed by atoms with Crippen LogP contribution in [0.1, 0.15) is 18.3 Å². The molecule has 0 saturated carbocycles. The molecule has 0 spiro atoms. The van der Waals surface area contributed by atoms with Gasteiger partial charge in [-0.15, -0.1) is 0 Å². The maximum atomic E-state index is 6.14. The average Bonchev–Trinajstić information content (AvgIpc) is 2.79. The fraction of sp³-hybridized carbons (Fsp3) is 0.400. The van der Waals surface area contributed by atoms with Crippen molar-refractivity contribution >= 4 is 23.2 Å². The molecule has 2 aromatic rings. The molecule has 108 valence electrons. The van der Waals surface area contributed by atoms with Crippen molar-refractivity contribution in [2.75, 3.05) is 6.54 Å². The molecule has 3 nitrogen and oxygen atoms in total. The van der Waals surface area contributed by atoms with E-state index in [1.807, 2.05) is 37.5 Å². The van der Waals surface area contributed by atoms with Crippen molar-refractivity contribution in [1.82, 2.24) is 14.9 Å². The fourth-order valence-corrected chi connectivity index (χ4v) is 2.67. The van der Waals surface area contributed by atoms with Crippen LogP contribution in [0.25, 0.3) is 0 Å². The van der Waals surface area contributed by atoms with Crippen LogP contribution in [0.4, 0.5) is 0 Å². The molecule has 0 fully saturated rings. The Bertz CT molecular complexity index is 546. The Morgan fingerprint density at radius 1 is 1.30 bits per heavy atom. The first-order valence-electron chi connectivity index (χ1n) is 6.69. The van der Waals surface area contributed by atoms with E-state index in [-0.39, 0.29) is 0 Å². The summed E-state index contributed by atoms with van der Waals surface area (Å²) in [6.07, 6.45) is 3.84. The van der Waals surface area contributed by atoms with Gasteiger partial charge in [0.15, 0.2) is 0 Å². The minimum atomic E-state index is 0.504. The second-order valence-corrected chi connectivity index (χ2v) is 5.88. The molecular weight excluding hydrogens is 293 g/mol. The zero-order chi connectivity index (χ0) is 14.5. The Balaban J connectivity index is 1.82. The molecule has 0 bridgehead atoms. The highest BCUT2D eigenvalue weighted by molar-refractivity contribution is 6.35. The summed E-state index contributed by atoms with van der Waals surface area (Å²) in [6, 6.07) is 5.59. The van der Waals surface area contributed by atoms with Crippen molar-refractivity contribution < 1.29 is 0 Å². The topological polar surface area (TPSA) is 29.9 Å². The molecule has 2 rings (SSSR count). The van der Waals surface area contributed by atoms with E-state index in [0.29, 0.717) is 22.5 Å². The van der Waals surface area contributed by atoms with Gasteiger partial charge in [-0.3, -0.25) is 0 Å². The lowest BCUT2D eigenvalue weighted by atomic mass is 10.1. The van der Waals surface area contributed by atoms with E-state index in [0.717, 1.165) is 24.5 Å². The van der Waals surface area contributed by atoms with Gasteiger partial charge in [0, 0.05) is 41.1 Å². The van der Waals surface area contributed by atoms with E-state index >= 15 is 0 Å². The van der Waals surface area contributed by atoms with Crippen molar-refractivity contribution in [3.63, 3.8) is 0 Å². The second kappa shape index (κ2) is 7.11. The molecule has 1 aromatic carbocycles. The number of benzene rings is 1. The summed E-state index contributed by atoms with van der Waals surface area (Å²) < 4.78 is 2.16. The number of aryl methyl sites for hydroxylation is 1. The summed E-state index contributed by atoms with van der Waals surface area (Å²) in [4.78, 5) is 4.23. The highest BCUT2D eigenvalue weighted by atomic mass is 35.5. The summed E-state index contributed by atoms with van der Waals surface area (Å²) in [7, 11) is 0. The van der Waals surface area contributed by atoms with E-state index in [2.05, 4.69) is 21.8 Å². The van der Waals surface area contributed by atoms with Gasteiger partial charge in [-0.25, -0.2) is 4.98 Å². The van der Waals surface area contributed by atoms with Crippen LogP contribution in [-0.4, -0.2) is 16.1 Å². The van der Waals surface area contributed by atoms with E-state index < -0.39 is 0 Å². The van der Waals surface area contributed by atoms with Gasteiger partial charge in [0.1, 0.15) is 5.82 Å². The van der Waals surface area contributed by atoms with Crippen LogP contribution in [0.3, 0.4) is 0 Å². The summed E-state index contributed by atoms with van der Waals surface area (Å²) >= 11 is 12.3. The number of aromatic nitrogens is 2. The molecule has 20 heavy (non-hydrogen) atoms. The third-order valence-electron chi connectivity index (χ3n) is 3.29. The zero-order valence-electron chi connectivity index (χ0n) is 11.7. The normalized spacial score (nSPS) is 12.6. The van der Waals surface area contributed by atoms with Gasteiger partial charge in [0.25, 0.3) is 0 Å². The fourth-order valence-electron chi connectivity index (χ4n) is 2.14. The molecule has 0 aliphatic heterocycles. The SMILES string of the molecule is Cc1nccn1CC(C)CNCc1c(Cl)cccc1Cl. The number of nitrogens with zero attached hydrogens (tertiary/aromatic N) is 2. The van der Waals surface area contributed by atoms with E-state index in [4.69, 9.17) is 23.2 Å². The lowest BCUT2D eigenvalue weighted by Crippen LogP contribution is -2.24. The summed E-state index contributed by atoms with van der Waals surface area (Å²) in [6.45, 7) is 6.77. The number of rotatable bonds is 6. The Hall–Kier alpha value is -1.03. The van der Waals surface area contributed by atoms with E-state index in [1.54, 1.807) is 0 Å². The molecule has 5 heteroatoms. The minimum absolute atomic E-state index is 0.504. The van der Waals surface area contributed by atoms with Gasteiger partial charge in [0.05, 0.1) is 0 Å². The van der Waals surface area contributed by atoms with Gasteiger partial charge < -0.3 is 9.88 Å². The Labute approximate surface area is 129 Å². The molecule has 1 aromatic heterocycles. The van der Waals surface area contributed by atoms with E-state index in [9.17, 15) is 0 Å². The Kier molecular flexibility index (Phi) is 5.46. The summed E-state index contributed by atoms with van der Waals surface area (Å²) in [5, 5.41) is 4.83. The molecule has 0 aliphatic rings. The minimum Gasteiger partial charge on any atom is -0.335 e. The van der Waals surface area contributed by atoms with E-state index in [1.165, 1.54) is 0 Å². The van der Waals surface area contributed by atoms with Gasteiger partial charge >= 0.3 is 0 Å². The maximum Gasteiger partial charge on any atom is 0.105 e. The number of hydrogen-bond donors (Lipinski definition) is 1. The molecule has 0 amide bonds. The number of hydrogen-bond acceptors (Lipinski definition) is 2. The van der Waals surface area contributed by atoms with Crippen molar-refractivity contribution in [2.24, 2.45) is 5.92 Å². The van der Waals surface area contributed by atoms with Crippen molar-refractivity contribution in [3.8, 4) is 0 Å². The highest BCUT2D eigenvalue weighted by Gasteiger charge is 2.08. The molecule has 1 atom stereocenters. The first kappa shape index (κ1) is 15.4. The molecule has 0 saturated heterocycles.